The molecule has 0 aliphatic carbocycles. The van der Waals surface area contributed by atoms with Crippen molar-refractivity contribution in [1.29, 1.82) is 0 Å². The average Bonchev–Trinajstić information content (AvgIpc) is 3.08. The Kier molecular flexibility index (Phi) is 5.59. The first-order valence-electron chi connectivity index (χ1n) is 6.50. The van der Waals surface area contributed by atoms with E-state index in [1.165, 1.54) is 20.3 Å². The number of nitrogens with one attached hydrogen (secondary N) is 2. The van der Waals surface area contributed by atoms with Gasteiger partial charge in [0.15, 0.2) is 0 Å². The highest BCUT2D eigenvalue weighted by atomic mass is 32.2. The molecule has 0 aliphatic rings. The molecule has 1 aromatic carbocycles. The van der Waals surface area contributed by atoms with Gasteiger partial charge in [0.1, 0.15) is 15.7 Å². The fourth-order valence-electron chi connectivity index (χ4n) is 1.73. The summed E-state index contributed by atoms with van der Waals surface area (Å²) in [6.07, 6.45) is 0. The molecule has 7 nitrogen and oxygen atoms in total. The van der Waals surface area contributed by atoms with Gasteiger partial charge in [0, 0.05) is 23.9 Å². The van der Waals surface area contributed by atoms with Gasteiger partial charge in [-0.3, -0.25) is 4.79 Å². The molecule has 0 spiro atoms. The molecule has 2 N–H and O–H groups in total. The smallest absolute Gasteiger partial charge is 0.250 e. The summed E-state index contributed by atoms with van der Waals surface area (Å²) in [7, 11) is -0.681. The zero-order valence-corrected chi connectivity index (χ0v) is 14.2. The summed E-state index contributed by atoms with van der Waals surface area (Å²) in [6, 6.07) is 7.97. The summed E-state index contributed by atoms with van der Waals surface area (Å²) in [6.45, 7) is -0.375. The van der Waals surface area contributed by atoms with Gasteiger partial charge < -0.3 is 14.8 Å². The standard InChI is InChI=1S/C14H16N2O5S2/c1-20-11-6-10(7-12(8-11)21-2)16-13(17)9-15-23(18,19)14-4-3-5-22-14/h3-8,15H,9H2,1-2H3,(H,16,17). The highest BCUT2D eigenvalue weighted by Gasteiger charge is 2.16. The quantitative estimate of drug-likeness (QED) is 0.787. The second kappa shape index (κ2) is 7.44. The van der Waals surface area contributed by atoms with E-state index in [0.29, 0.717) is 17.2 Å². The molecule has 0 radical (unpaired) electrons. The van der Waals surface area contributed by atoms with Crippen LogP contribution in [0.15, 0.2) is 39.9 Å². The Morgan fingerprint density at radius 3 is 2.35 bits per heavy atom. The number of methoxy groups -OCH3 is 2. The molecule has 124 valence electrons. The van der Waals surface area contributed by atoms with Crippen molar-refractivity contribution in [3.05, 3.63) is 35.7 Å². The van der Waals surface area contributed by atoms with Gasteiger partial charge in [-0.15, -0.1) is 11.3 Å². The predicted octanol–water partition coefficient (Wildman–Crippen LogP) is 1.68. The van der Waals surface area contributed by atoms with Crippen LogP contribution in [0.3, 0.4) is 0 Å². The van der Waals surface area contributed by atoms with Crippen molar-refractivity contribution in [1.82, 2.24) is 4.72 Å². The van der Waals surface area contributed by atoms with Crippen molar-refractivity contribution < 1.29 is 22.7 Å². The highest BCUT2D eigenvalue weighted by Crippen LogP contribution is 2.25. The van der Waals surface area contributed by atoms with E-state index in [4.69, 9.17) is 9.47 Å². The van der Waals surface area contributed by atoms with E-state index in [1.54, 1.807) is 29.6 Å². The van der Waals surface area contributed by atoms with Crippen LogP contribution in [0.1, 0.15) is 0 Å². The maximum absolute atomic E-state index is 11.9. The normalized spacial score (nSPS) is 11.0. The number of anilines is 1. The lowest BCUT2D eigenvalue weighted by molar-refractivity contribution is -0.115. The molecule has 1 heterocycles. The first-order chi connectivity index (χ1) is 10.9. The maximum Gasteiger partial charge on any atom is 0.250 e. The third-order valence-electron chi connectivity index (χ3n) is 2.82. The van der Waals surface area contributed by atoms with E-state index < -0.39 is 15.9 Å². The third-order valence-corrected chi connectivity index (χ3v) is 5.62. The van der Waals surface area contributed by atoms with Crippen molar-refractivity contribution in [3.63, 3.8) is 0 Å². The number of benzene rings is 1. The molecule has 0 bridgehead atoms. The van der Waals surface area contributed by atoms with Gasteiger partial charge in [-0.25, -0.2) is 13.1 Å². The van der Waals surface area contributed by atoms with E-state index in [-0.39, 0.29) is 10.8 Å². The Morgan fingerprint density at radius 2 is 1.83 bits per heavy atom. The summed E-state index contributed by atoms with van der Waals surface area (Å²) in [5.41, 5.74) is 0.446. The summed E-state index contributed by atoms with van der Waals surface area (Å²) in [4.78, 5) is 11.9. The van der Waals surface area contributed by atoms with Crippen molar-refractivity contribution in [2.75, 3.05) is 26.1 Å². The number of thiophene rings is 1. The van der Waals surface area contributed by atoms with E-state index >= 15 is 0 Å². The molecule has 0 saturated carbocycles. The van der Waals surface area contributed by atoms with Crippen LogP contribution >= 0.6 is 11.3 Å². The number of carbonyl (C=O) groups is 1. The Balaban J connectivity index is 2.00. The van der Waals surface area contributed by atoms with Crippen LogP contribution in [-0.2, 0) is 14.8 Å². The molecule has 1 amide bonds. The molecule has 0 unspecified atom stereocenters. The minimum absolute atomic E-state index is 0.161. The Labute approximate surface area is 138 Å². The van der Waals surface area contributed by atoms with Crippen LogP contribution in [0.25, 0.3) is 0 Å². The first-order valence-corrected chi connectivity index (χ1v) is 8.87. The number of sulfonamides is 1. The molecule has 1 aromatic heterocycles. The van der Waals surface area contributed by atoms with Gasteiger partial charge in [0.25, 0.3) is 10.0 Å². The molecule has 0 atom stereocenters. The van der Waals surface area contributed by atoms with Gasteiger partial charge in [0.05, 0.1) is 20.8 Å². The summed E-state index contributed by atoms with van der Waals surface area (Å²) in [5, 5.41) is 4.24. The lowest BCUT2D eigenvalue weighted by Gasteiger charge is -2.10. The molecule has 0 fully saturated rings. The monoisotopic (exact) mass is 356 g/mol. The third kappa shape index (κ3) is 4.68. The van der Waals surface area contributed by atoms with Crippen molar-refractivity contribution >= 4 is 33.0 Å². The van der Waals surface area contributed by atoms with E-state index in [2.05, 4.69) is 10.0 Å². The predicted molar refractivity (Wildman–Crippen MR) is 87.7 cm³/mol. The second-order valence-corrected chi connectivity index (χ2v) is 7.35. The van der Waals surface area contributed by atoms with Crippen molar-refractivity contribution in [2.24, 2.45) is 0 Å². The Morgan fingerprint density at radius 1 is 1.17 bits per heavy atom. The maximum atomic E-state index is 11.9. The molecular weight excluding hydrogens is 340 g/mol. The minimum Gasteiger partial charge on any atom is -0.497 e. The summed E-state index contributed by atoms with van der Waals surface area (Å²) in [5.74, 6) is 0.526. The van der Waals surface area contributed by atoms with Gasteiger partial charge >= 0.3 is 0 Å². The Bertz CT molecular complexity index is 750. The number of rotatable bonds is 7. The van der Waals surface area contributed by atoms with Crippen LogP contribution in [0, 0.1) is 0 Å². The number of hydrogen-bond acceptors (Lipinski definition) is 6. The first kappa shape index (κ1) is 17.3. The number of carbonyl (C=O) groups excluding carboxylic acids is 1. The fraction of sp³-hybridized carbons (Fsp3) is 0.214. The second-order valence-electron chi connectivity index (χ2n) is 4.41. The van der Waals surface area contributed by atoms with Gasteiger partial charge in [-0.05, 0) is 11.4 Å². The fourth-order valence-corrected chi connectivity index (χ4v) is 3.75. The topological polar surface area (TPSA) is 93.7 Å². The molecule has 9 heteroatoms. The largest absolute Gasteiger partial charge is 0.497 e. The molecule has 0 saturated heterocycles. The van der Waals surface area contributed by atoms with Gasteiger partial charge in [-0.2, -0.15) is 0 Å². The lowest BCUT2D eigenvalue weighted by atomic mass is 10.2. The van der Waals surface area contributed by atoms with Crippen LogP contribution in [-0.4, -0.2) is 35.1 Å². The SMILES string of the molecule is COc1cc(NC(=O)CNS(=O)(=O)c2cccs2)cc(OC)c1. The van der Waals surface area contributed by atoms with Crippen LogP contribution in [0.5, 0.6) is 11.5 Å². The zero-order valence-electron chi connectivity index (χ0n) is 12.5. The number of ether oxygens (including phenoxy) is 2. The number of hydrogen-bond donors (Lipinski definition) is 2. The summed E-state index contributed by atoms with van der Waals surface area (Å²) < 4.78 is 36.5. The molecule has 23 heavy (non-hydrogen) atoms. The van der Waals surface area contributed by atoms with Crippen molar-refractivity contribution in [2.45, 2.75) is 4.21 Å². The van der Waals surface area contributed by atoms with Crippen LogP contribution < -0.4 is 19.5 Å². The lowest BCUT2D eigenvalue weighted by Crippen LogP contribution is -2.32. The Hall–Kier alpha value is -2.10. The minimum atomic E-state index is -3.67. The summed E-state index contributed by atoms with van der Waals surface area (Å²) >= 11 is 1.08. The van der Waals surface area contributed by atoms with Crippen molar-refractivity contribution in [3.8, 4) is 11.5 Å². The van der Waals surface area contributed by atoms with Crippen LogP contribution in [0.4, 0.5) is 5.69 Å². The van der Waals surface area contributed by atoms with Gasteiger partial charge in [-0.1, -0.05) is 6.07 Å². The van der Waals surface area contributed by atoms with E-state index in [1.807, 2.05) is 0 Å². The zero-order chi connectivity index (χ0) is 16.9. The van der Waals surface area contributed by atoms with E-state index in [0.717, 1.165) is 11.3 Å². The van der Waals surface area contributed by atoms with Gasteiger partial charge in [0.2, 0.25) is 5.91 Å². The molecule has 2 rings (SSSR count). The molecule has 2 aromatic rings. The average molecular weight is 356 g/mol. The van der Waals surface area contributed by atoms with E-state index in [9.17, 15) is 13.2 Å². The van der Waals surface area contributed by atoms with Crippen LogP contribution in [0.2, 0.25) is 0 Å². The number of amides is 1. The highest BCUT2D eigenvalue weighted by molar-refractivity contribution is 7.91. The molecular formula is C14H16N2O5S2. The molecule has 0 aliphatic heterocycles.